The van der Waals surface area contributed by atoms with Crippen molar-refractivity contribution in [3.05, 3.63) is 12.7 Å². The Balaban J connectivity index is 2.30. The van der Waals surface area contributed by atoms with Crippen LogP contribution < -0.4 is 5.73 Å². The molecule has 1 nitrogen and oxygen atoms in total. The summed E-state index contributed by atoms with van der Waals surface area (Å²) in [6.45, 7) is 3.70. The molecule has 0 amide bonds. The monoisotopic (exact) mass is 125 g/mol. The summed E-state index contributed by atoms with van der Waals surface area (Å²) < 4.78 is 0. The highest BCUT2D eigenvalue weighted by Gasteiger charge is 2.21. The molecule has 1 aliphatic rings. The van der Waals surface area contributed by atoms with Crippen LogP contribution in [0.1, 0.15) is 25.7 Å². The van der Waals surface area contributed by atoms with Crippen LogP contribution in [0.5, 0.6) is 0 Å². The zero-order valence-electron chi connectivity index (χ0n) is 5.84. The lowest BCUT2D eigenvalue weighted by Gasteiger charge is -2.11. The van der Waals surface area contributed by atoms with Crippen LogP contribution in [0, 0.1) is 5.92 Å². The third-order valence-corrected chi connectivity index (χ3v) is 2.19. The van der Waals surface area contributed by atoms with Crippen LogP contribution in [0.4, 0.5) is 0 Å². The predicted molar refractivity (Wildman–Crippen MR) is 40.1 cm³/mol. The van der Waals surface area contributed by atoms with Gasteiger partial charge in [-0.25, -0.2) is 0 Å². The molecule has 0 heterocycles. The van der Waals surface area contributed by atoms with Crippen molar-refractivity contribution in [1.29, 1.82) is 0 Å². The maximum Gasteiger partial charge on any atom is 0.00701 e. The summed E-state index contributed by atoms with van der Waals surface area (Å²) in [6.07, 6.45) is 6.95. The fourth-order valence-electron chi connectivity index (χ4n) is 1.57. The van der Waals surface area contributed by atoms with Crippen molar-refractivity contribution in [2.24, 2.45) is 11.7 Å². The van der Waals surface area contributed by atoms with Gasteiger partial charge in [-0.2, -0.15) is 0 Å². The number of hydrogen-bond donors (Lipinski definition) is 1. The highest BCUT2D eigenvalue weighted by molar-refractivity contribution is 4.85. The van der Waals surface area contributed by atoms with Crippen LogP contribution in [-0.4, -0.2) is 6.04 Å². The highest BCUT2D eigenvalue weighted by Crippen LogP contribution is 2.26. The molecule has 0 aromatic heterocycles. The molecular formula is C8H15N. The van der Waals surface area contributed by atoms with Crippen LogP contribution in [0.2, 0.25) is 0 Å². The lowest BCUT2D eigenvalue weighted by molar-refractivity contribution is 0.487. The van der Waals surface area contributed by atoms with Crippen molar-refractivity contribution in [2.45, 2.75) is 31.7 Å². The summed E-state index contributed by atoms with van der Waals surface area (Å²) >= 11 is 0. The van der Waals surface area contributed by atoms with E-state index in [1.54, 1.807) is 0 Å². The summed E-state index contributed by atoms with van der Waals surface area (Å²) in [5.74, 6) is 0.738. The topological polar surface area (TPSA) is 26.0 Å². The third kappa shape index (κ3) is 1.55. The van der Waals surface area contributed by atoms with Crippen molar-refractivity contribution in [2.75, 3.05) is 0 Å². The molecule has 1 rings (SSSR count). The van der Waals surface area contributed by atoms with Crippen LogP contribution >= 0.6 is 0 Å². The van der Waals surface area contributed by atoms with E-state index in [0.29, 0.717) is 6.04 Å². The first-order valence-electron chi connectivity index (χ1n) is 3.71. The van der Waals surface area contributed by atoms with E-state index in [0.717, 1.165) is 12.3 Å². The van der Waals surface area contributed by atoms with E-state index in [9.17, 15) is 0 Å². The number of rotatable bonds is 2. The molecule has 2 atom stereocenters. The van der Waals surface area contributed by atoms with E-state index in [4.69, 9.17) is 5.73 Å². The van der Waals surface area contributed by atoms with Crippen LogP contribution in [0.25, 0.3) is 0 Å². The number of nitrogens with two attached hydrogens (primary N) is 1. The zero-order chi connectivity index (χ0) is 6.69. The number of hydrogen-bond acceptors (Lipinski definition) is 1. The van der Waals surface area contributed by atoms with E-state index < -0.39 is 0 Å². The number of allylic oxidation sites excluding steroid dienone is 1. The zero-order valence-corrected chi connectivity index (χ0v) is 5.84. The molecule has 1 heteroatoms. The van der Waals surface area contributed by atoms with Crippen LogP contribution in [-0.2, 0) is 0 Å². The van der Waals surface area contributed by atoms with Crippen LogP contribution in [0.3, 0.4) is 0 Å². The molecule has 0 aromatic rings. The van der Waals surface area contributed by atoms with Crippen LogP contribution in [0.15, 0.2) is 12.7 Å². The molecule has 1 saturated carbocycles. The minimum atomic E-state index is 0.461. The Morgan fingerprint density at radius 1 is 1.56 bits per heavy atom. The first-order chi connectivity index (χ1) is 4.34. The predicted octanol–water partition coefficient (Wildman–Crippen LogP) is 1.69. The van der Waals surface area contributed by atoms with Gasteiger partial charge in [0.25, 0.3) is 0 Å². The molecule has 1 aliphatic carbocycles. The fraction of sp³-hybridized carbons (Fsp3) is 0.750. The summed E-state index contributed by atoms with van der Waals surface area (Å²) in [5.41, 5.74) is 5.82. The molecule has 0 saturated heterocycles. The fourth-order valence-corrected chi connectivity index (χ4v) is 1.57. The Hall–Kier alpha value is -0.300. The van der Waals surface area contributed by atoms with Gasteiger partial charge in [0.2, 0.25) is 0 Å². The Morgan fingerprint density at radius 3 is 2.78 bits per heavy atom. The normalized spacial score (nSPS) is 34.8. The van der Waals surface area contributed by atoms with Crippen molar-refractivity contribution in [3.8, 4) is 0 Å². The molecule has 52 valence electrons. The van der Waals surface area contributed by atoms with E-state index >= 15 is 0 Å². The summed E-state index contributed by atoms with van der Waals surface area (Å²) in [5, 5.41) is 0. The molecule has 1 fully saturated rings. The van der Waals surface area contributed by atoms with E-state index in [2.05, 4.69) is 6.58 Å². The molecule has 2 N–H and O–H groups in total. The molecule has 0 aliphatic heterocycles. The van der Waals surface area contributed by atoms with Gasteiger partial charge in [0.15, 0.2) is 0 Å². The highest BCUT2D eigenvalue weighted by atomic mass is 14.7. The average Bonchev–Trinajstić information content (AvgIpc) is 2.18. The van der Waals surface area contributed by atoms with Crippen molar-refractivity contribution in [1.82, 2.24) is 0 Å². The standard InChI is InChI=1S/C8H15N/c1-2-4-7-5-3-6-8(7)9/h2,7-8H,1,3-6,9H2. The van der Waals surface area contributed by atoms with Gasteiger partial charge in [-0.05, 0) is 25.2 Å². The lowest BCUT2D eigenvalue weighted by atomic mass is 10.0. The maximum absolute atomic E-state index is 5.82. The van der Waals surface area contributed by atoms with Gasteiger partial charge in [0.05, 0.1) is 0 Å². The quantitative estimate of drug-likeness (QED) is 0.558. The van der Waals surface area contributed by atoms with Crippen molar-refractivity contribution < 1.29 is 0 Å². The van der Waals surface area contributed by atoms with E-state index in [-0.39, 0.29) is 0 Å². The molecule has 0 radical (unpaired) electrons. The van der Waals surface area contributed by atoms with E-state index in [1.165, 1.54) is 19.3 Å². The van der Waals surface area contributed by atoms with Gasteiger partial charge in [-0.1, -0.05) is 12.5 Å². The molecule has 0 bridgehead atoms. The Bertz CT molecular complexity index is 98.7. The third-order valence-electron chi connectivity index (χ3n) is 2.19. The second kappa shape index (κ2) is 3.02. The average molecular weight is 125 g/mol. The Kier molecular flexibility index (Phi) is 2.29. The van der Waals surface area contributed by atoms with E-state index in [1.807, 2.05) is 6.08 Å². The molecule has 0 aromatic carbocycles. The molecular weight excluding hydrogens is 110 g/mol. The first kappa shape index (κ1) is 6.81. The van der Waals surface area contributed by atoms with Gasteiger partial charge < -0.3 is 5.73 Å². The van der Waals surface area contributed by atoms with Gasteiger partial charge in [0.1, 0.15) is 0 Å². The smallest absolute Gasteiger partial charge is 0.00701 e. The van der Waals surface area contributed by atoms with Gasteiger partial charge in [-0.3, -0.25) is 0 Å². The summed E-state index contributed by atoms with van der Waals surface area (Å²) in [7, 11) is 0. The maximum atomic E-state index is 5.82. The minimum Gasteiger partial charge on any atom is -0.327 e. The Morgan fingerprint density at radius 2 is 2.33 bits per heavy atom. The van der Waals surface area contributed by atoms with Gasteiger partial charge in [-0.15, -0.1) is 6.58 Å². The second-order valence-corrected chi connectivity index (χ2v) is 2.88. The summed E-state index contributed by atoms with van der Waals surface area (Å²) in [4.78, 5) is 0. The van der Waals surface area contributed by atoms with Crippen molar-refractivity contribution in [3.63, 3.8) is 0 Å². The lowest BCUT2D eigenvalue weighted by Crippen LogP contribution is -2.23. The minimum absolute atomic E-state index is 0.461. The Labute approximate surface area is 56.9 Å². The van der Waals surface area contributed by atoms with Gasteiger partial charge >= 0.3 is 0 Å². The second-order valence-electron chi connectivity index (χ2n) is 2.88. The molecule has 0 spiro atoms. The van der Waals surface area contributed by atoms with Gasteiger partial charge in [0, 0.05) is 6.04 Å². The van der Waals surface area contributed by atoms with Crippen molar-refractivity contribution >= 4 is 0 Å². The molecule has 9 heavy (non-hydrogen) atoms. The SMILES string of the molecule is C=CCC1CCCC1N. The first-order valence-corrected chi connectivity index (χ1v) is 3.71. The summed E-state index contributed by atoms with van der Waals surface area (Å²) in [6, 6.07) is 0.461. The molecule has 2 unspecified atom stereocenters. The largest absolute Gasteiger partial charge is 0.327 e.